The predicted molar refractivity (Wildman–Crippen MR) is 132 cm³/mol. The molecule has 2 fully saturated rings. The maximum atomic E-state index is 13.1. The Kier molecular flexibility index (Phi) is 6.17. The normalized spacial score (nSPS) is 20.2. The summed E-state index contributed by atoms with van der Waals surface area (Å²) in [5.74, 6) is 1.85. The average molecular weight is 466 g/mol. The molecule has 0 aliphatic carbocycles. The number of benzene rings is 2. The molecule has 5 rings (SSSR count). The van der Waals surface area contributed by atoms with Crippen LogP contribution in [0, 0.1) is 0 Å². The van der Waals surface area contributed by atoms with Crippen molar-refractivity contribution in [3.8, 4) is 17.2 Å². The van der Waals surface area contributed by atoms with Gasteiger partial charge in [-0.05, 0) is 74.4 Å². The van der Waals surface area contributed by atoms with Crippen LogP contribution in [-0.4, -0.2) is 49.5 Å². The van der Waals surface area contributed by atoms with Gasteiger partial charge in [0.25, 0.3) is 5.91 Å². The van der Waals surface area contributed by atoms with Gasteiger partial charge in [0, 0.05) is 37.0 Å². The third kappa shape index (κ3) is 4.39. The highest BCUT2D eigenvalue weighted by molar-refractivity contribution is 8.18. The summed E-state index contributed by atoms with van der Waals surface area (Å²) in [5.41, 5.74) is 2.84. The fourth-order valence-electron chi connectivity index (χ4n) is 4.24. The molecule has 3 heterocycles. The van der Waals surface area contributed by atoms with Gasteiger partial charge in [0.05, 0.1) is 17.7 Å². The first kappa shape index (κ1) is 21.7. The zero-order valence-electron chi connectivity index (χ0n) is 18.9. The highest BCUT2D eigenvalue weighted by atomic mass is 32.2. The molecule has 0 radical (unpaired) electrons. The first-order valence-electron chi connectivity index (χ1n) is 11.3. The number of aliphatic imine (C=N–C) groups is 1. The van der Waals surface area contributed by atoms with Crippen LogP contribution in [-0.2, 0) is 4.79 Å². The monoisotopic (exact) mass is 465 g/mol. The molecule has 0 spiro atoms. The van der Waals surface area contributed by atoms with Crippen molar-refractivity contribution in [3.05, 3.63) is 46.9 Å². The van der Waals surface area contributed by atoms with Crippen molar-refractivity contribution >= 4 is 40.3 Å². The number of amides is 1. The molecule has 0 atom stereocenters. The molecule has 8 heteroatoms. The number of carbonyl (C=O) groups excluding carboxylic acids is 1. The zero-order valence-corrected chi connectivity index (χ0v) is 19.7. The Labute approximate surface area is 198 Å². The molecule has 0 aromatic heterocycles. The van der Waals surface area contributed by atoms with Gasteiger partial charge in [0.2, 0.25) is 6.79 Å². The Morgan fingerprint density at radius 3 is 2.52 bits per heavy atom. The lowest BCUT2D eigenvalue weighted by atomic mass is 10.1. The van der Waals surface area contributed by atoms with Crippen molar-refractivity contribution < 1.29 is 19.0 Å². The summed E-state index contributed by atoms with van der Waals surface area (Å²) >= 11 is 1.38. The van der Waals surface area contributed by atoms with Crippen LogP contribution in [0.15, 0.2) is 46.3 Å². The number of amidine groups is 1. The van der Waals surface area contributed by atoms with Crippen LogP contribution in [0.25, 0.3) is 6.08 Å². The predicted octanol–water partition coefficient (Wildman–Crippen LogP) is 5.04. The number of ether oxygens (including phenoxy) is 3. The topological polar surface area (TPSA) is 63.6 Å². The fourth-order valence-corrected chi connectivity index (χ4v) is 5.29. The lowest BCUT2D eigenvalue weighted by molar-refractivity contribution is -0.122. The van der Waals surface area contributed by atoms with Gasteiger partial charge in [-0.3, -0.25) is 9.69 Å². The van der Waals surface area contributed by atoms with Gasteiger partial charge in [0.1, 0.15) is 5.75 Å². The minimum atomic E-state index is -0.0640. The Morgan fingerprint density at radius 1 is 1.09 bits per heavy atom. The van der Waals surface area contributed by atoms with Crippen LogP contribution < -0.4 is 19.1 Å². The molecule has 1 amide bonds. The number of nitrogens with zero attached hydrogens (tertiary/aromatic N) is 3. The second-order valence-corrected chi connectivity index (χ2v) is 9.08. The number of likely N-dealkylation sites (N-methyl/N-ethyl adjacent to an activating group) is 1. The summed E-state index contributed by atoms with van der Waals surface area (Å²) in [7, 11) is 1.60. The lowest BCUT2D eigenvalue weighted by Gasteiger charge is -2.28. The van der Waals surface area contributed by atoms with Crippen LogP contribution in [0.1, 0.15) is 31.7 Å². The number of hydrogen-bond donors (Lipinski definition) is 0. The first-order chi connectivity index (χ1) is 16.2. The number of carbonyl (C=O) groups is 1. The Hall–Kier alpha value is -3.13. The van der Waals surface area contributed by atoms with Gasteiger partial charge in [0.15, 0.2) is 16.7 Å². The van der Waals surface area contributed by atoms with Gasteiger partial charge in [-0.2, -0.15) is 0 Å². The van der Waals surface area contributed by atoms with Crippen LogP contribution >= 0.6 is 11.8 Å². The molecule has 172 valence electrons. The van der Waals surface area contributed by atoms with Crippen LogP contribution in [0.3, 0.4) is 0 Å². The summed E-state index contributed by atoms with van der Waals surface area (Å²) < 4.78 is 16.4. The van der Waals surface area contributed by atoms with E-state index in [1.54, 1.807) is 18.1 Å². The van der Waals surface area contributed by atoms with Crippen molar-refractivity contribution in [2.45, 2.75) is 26.2 Å². The van der Waals surface area contributed by atoms with E-state index in [9.17, 15) is 4.79 Å². The van der Waals surface area contributed by atoms with E-state index in [0.29, 0.717) is 33.9 Å². The summed E-state index contributed by atoms with van der Waals surface area (Å²) in [5, 5.41) is 0.680. The quantitative estimate of drug-likeness (QED) is 0.577. The summed E-state index contributed by atoms with van der Waals surface area (Å²) in [6.45, 7) is 4.91. The van der Waals surface area contributed by atoms with E-state index in [4.69, 9.17) is 19.2 Å². The Balaban J connectivity index is 1.40. The standard InChI is InChI=1S/C25H27N3O4S/c1-3-28-24(29)23(14-17-13-21-22(32-16-31-21)15-20(17)30-2)33-25(28)26-18-7-9-19(10-8-18)27-11-5-4-6-12-27/h7-10,13-15H,3-6,11-12,16H2,1-2H3. The molecule has 3 aliphatic heterocycles. The largest absolute Gasteiger partial charge is 0.496 e. The van der Waals surface area contributed by atoms with Gasteiger partial charge < -0.3 is 19.1 Å². The second-order valence-electron chi connectivity index (χ2n) is 8.07. The number of anilines is 1. The van der Waals surface area contributed by atoms with Crippen molar-refractivity contribution in [1.29, 1.82) is 0 Å². The molecule has 2 aromatic rings. The molecule has 0 bridgehead atoms. The van der Waals surface area contributed by atoms with E-state index < -0.39 is 0 Å². The summed E-state index contributed by atoms with van der Waals surface area (Å²) in [6, 6.07) is 11.9. The maximum absolute atomic E-state index is 13.1. The lowest BCUT2D eigenvalue weighted by Crippen LogP contribution is -2.29. The van der Waals surface area contributed by atoms with E-state index in [2.05, 4.69) is 17.0 Å². The number of thioether (sulfide) groups is 1. The molecule has 7 nitrogen and oxygen atoms in total. The Bertz CT molecular complexity index is 1110. The number of rotatable bonds is 5. The van der Waals surface area contributed by atoms with Gasteiger partial charge in [-0.25, -0.2) is 4.99 Å². The molecule has 0 unspecified atom stereocenters. The van der Waals surface area contributed by atoms with Crippen molar-refractivity contribution in [1.82, 2.24) is 4.90 Å². The molecule has 33 heavy (non-hydrogen) atoms. The molecule has 2 aromatic carbocycles. The minimum Gasteiger partial charge on any atom is -0.496 e. The van der Waals surface area contributed by atoms with Gasteiger partial charge in [-0.15, -0.1) is 0 Å². The number of fused-ring (bicyclic) bond motifs is 1. The number of hydrogen-bond acceptors (Lipinski definition) is 7. The third-order valence-electron chi connectivity index (χ3n) is 6.01. The van der Waals surface area contributed by atoms with E-state index in [1.807, 2.05) is 31.2 Å². The first-order valence-corrected chi connectivity index (χ1v) is 12.1. The number of methoxy groups -OCH3 is 1. The maximum Gasteiger partial charge on any atom is 0.266 e. The minimum absolute atomic E-state index is 0.0640. The van der Waals surface area contributed by atoms with E-state index in [0.717, 1.165) is 24.3 Å². The molecule has 0 N–H and O–H groups in total. The highest BCUT2D eigenvalue weighted by Gasteiger charge is 2.32. The molecule has 0 saturated carbocycles. The molecular formula is C25H27N3O4S. The van der Waals surface area contributed by atoms with Crippen LogP contribution in [0.2, 0.25) is 0 Å². The van der Waals surface area contributed by atoms with E-state index in [1.165, 1.54) is 36.7 Å². The zero-order chi connectivity index (χ0) is 22.8. The third-order valence-corrected chi connectivity index (χ3v) is 7.02. The summed E-state index contributed by atoms with van der Waals surface area (Å²) in [4.78, 5) is 22.6. The van der Waals surface area contributed by atoms with Crippen molar-refractivity contribution in [2.24, 2.45) is 4.99 Å². The SMILES string of the molecule is CCN1C(=O)C(=Cc2cc3c(cc2OC)OCO3)SC1=Nc1ccc(N2CCCCC2)cc1. The molecule has 2 saturated heterocycles. The molecular weight excluding hydrogens is 438 g/mol. The average Bonchev–Trinajstić information content (AvgIpc) is 3.43. The highest BCUT2D eigenvalue weighted by Crippen LogP contribution is 2.41. The molecule has 3 aliphatic rings. The van der Waals surface area contributed by atoms with Crippen LogP contribution in [0.4, 0.5) is 11.4 Å². The summed E-state index contributed by atoms with van der Waals surface area (Å²) in [6.07, 6.45) is 5.64. The van der Waals surface area contributed by atoms with Gasteiger partial charge in [-0.1, -0.05) is 0 Å². The smallest absolute Gasteiger partial charge is 0.266 e. The number of piperidine rings is 1. The second kappa shape index (κ2) is 9.39. The van der Waals surface area contributed by atoms with Crippen LogP contribution in [0.5, 0.6) is 17.2 Å². The Morgan fingerprint density at radius 2 is 1.82 bits per heavy atom. The van der Waals surface area contributed by atoms with Crippen molar-refractivity contribution in [3.63, 3.8) is 0 Å². The van der Waals surface area contributed by atoms with Gasteiger partial charge >= 0.3 is 0 Å². The van der Waals surface area contributed by atoms with E-state index in [-0.39, 0.29) is 12.7 Å². The van der Waals surface area contributed by atoms with E-state index >= 15 is 0 Å². The fraction of sp³-hybridized carbons (Fsp3) is 0.360. The van der Waals surface area contributed by atoms with Crippen molar-refractivity contribution in [2.75, 3.05) is 38.4 Å².